The highest BCUT2D eigenvalue weighted by molar-refractivity contribution is 5.82. The molecule has 0 aliphatic carbocycles. The van der Waals surface area contributed by atoms with Crippen LogP contribution in [-0.2, 0) is 9.59 Å². The lowest BCUT2D eigenvalue weighted by Crippen LogP contribution is -2.48. The van der Waals surface area contributed by atoms with E-state index < -0.39 is 12.2 Å². The Labute approximate surface area is 172 Å². The number of hydrogen-bond donors (Lipinski definition) is 2. The smallest absolute Gasteiger partial charge is 0.261 e. The summed E-state index contributed by atoms with van der Waals surface area (Å²) in [5.74, 6) is 0.801. The first-order valence-electron chi connectivity index (χ1n) is 9.79. The van der Waals surface area contributed by atoms with Crippen molar-refractivity contribution in [2.45, 2.75) is 52.9 Å². The molecule has 2 rings (SSSR count). The molecule has 6 nitrogen and oxygen atoms in total. The van der Waals surface area contributed by atoms with Gasteiger partial charge in [-0.1, -0.05) is 35.4 Å². The number of carbonyl (C=O) groups excluding carboxylic acids is 2. The van der Waals surface area contributed by atoms with Crippen molar-refractivity contribution in [2.75, 3.05) is 6.54 Å². The minimum atomic E-state index is -0.639. The van der Waals surface area contributed by atoms with E-state index in [-0.39, 0.29) is 17.9 Å². The quantitative estimate of drug-likeness (QED) is 0.680. The molecule has 156 valence electrons. The fourth-order valence-corrected chi connectivity index (χ4v) is 2.56. The van der Waals surface area contributed by atoms with Crippen LogP contribution in [0.25, 0.3) is 0 Å². The number of ether oxygens (including phenoxy) is 2. The summed E-state index contributed by atoms with van der Waals surface area (Å²) in [5.41, 5.74) is 2.25. The Hall–Kier alpha value is -3.02. The Bertz CT molecular complexity index is 803. The van der Waals surface area contributed by atoms with Crippen molar-refractivity contribution in [3.05, 3.63) is 59.7 Å². The summed E-state index contributed by atoms with van der Waals surface area (Å²) in [5, 5.41) is 5.64. The van der Waals surface area contributed by atoms with E-state index >= 15 is 0 Å². The van der Waals surface area contributed by atoms with Crippen LogP contribution < -0.4 is 20.1 Å². The third-order valence-electron chi connectivity index (χ3n) is 4.38. The summed E-state index contributed by atoms with van der Waals surface area (Å²) in [6.07, 6.45) is -1.27. The maximum absolute atomic E-state index is 12.3. The molecule has 6 heteroatoms. The number of amides is 2. The highest BCUT2D eigenvalue weighted by Crippen LogP contribution is 2.14. The molecule has 3 unspecified atom stereocenters. The van der Waals surface area contributed by atoms with Gasteiger partial charge in [-0.15, -0.1) is 0 Å². The van der Waals surface area contributed by atoms with Crippen molar-refractivity contribution in [1.82, 2.24) is 10.6 Å². The first kappa shape index (κ1) is 22.3. The van der Waals surface area contributed by atoms with Crippen LogP contribution >= 0.6 is 0 Å². The fourth-order valence-electron chi connectivity index (χ4n) is 2.56. The Balaban J connectivity index is 1.73. The molecule has 0 radical (unpaired) electrons. The third-order valence-corrected chi connectivity index (χ3v) is 4.38. The SMILES string of the molecule is Cc1ccc(OC(C)C(=O)NCC(C)NC(=O)C(C)Oc2ccc(C)cc2)cc1. The van der Waals surface area contributed by atoms with Gasteiger partial charge in [-0.3, -0.25) is 9.59 Å². The van der Waals surface area contributed by atoms with Crippen LogP contribution in [0.2, 0.25) is 0 Å². The molecule has 0 bridgehead atoms. The molecular weight excluding hydrogens is 368 g/mol. The van der Waals surface area contributed by atoms with Crippen molar-refractivity contribution in [3.63, 3.8) is 0 Å². The molecule has 0 aliphatic rings. The standard InChI is InChI=1S/C23H30N2O4/c1-15-6-10-20(11-7-15)28-18(4)22(26)24-14-17(3)25-23(27)19(5)29-21-12-8-16(2)9-13-21/h6-13,17-19H,14H2,1-5H3,(H,24,26)(H,25,27). The molecule has 2 aromatic rings. The normalized spacial score (nSPS) is 13.7. The Morgan fingerprint density at radius 3 is 1.62 bits per heavy atom. The van der Waals surface area contributed by atoms with E-state index in [1.807, 2.05) is 69.3 Å². The van der Waals surface area contributed by atoms with Crippen molar-refractivity contribution in [2.24, 2.45) is 0 Å². The van der Waals surface area contributed by atoms with Crippen LogP contribution in [-0.4, -0.2) is 36.6 Å². The van der Waals surface area contributed by atoms with Crippen molar-refractivity contribution >= 4 is 11.8 Å². The molecule has 0 aromatic heterocycles. The van der Waals surface area contributed by atoms with Gasteiger partial charge in [-0.05, 0) is 58.9 Å². The zero-order valence-electron chi connectivity index (χ0n) is 17.7. The second-order valence-corrected chi connectivity index (χ2v) is 7.30. The maximum Gasteiger partial charge on any atom is 0.261 e. The largest absolute Gasteiger partial charge is 0.481 e. The van der Waals surface area contributed by atoms with Crippen LogP contribution in [0, 0.1) is 13.8 Å². The molecule has 0 spiro atoms. The molecule has 0 heterocycles. The van der Waals surface area contributed by atoms with E-state index in [1.165, 1.54) is 0 Å². The number of carbonyl (C=O) groups is 2. The van der Waals surface area contributed by atoms with Gasteiger partial charge in [0.05, 0.1) is 0 Å². The molecule has 0 saturated heterocycles. The van der Waals surface area contributed by atoms with Crippen LogP contribution in [0.15, 0.2) is 48.5 Å². The second kappa shape index (κ2) is 10.5. The van der Waals surface area contributed by atoms with E-state index in [0.717, 1.165) is 11.1 Å². The van der Waals surface area contributed by atoms with Gasteiger partial charge in [0.25, 0.3) is 11.8 Å². The molecule has 2 N–H and O–H groups in total. The Kier molecular flexibility index (Phi) is 8.07. The van der Waals surface area contributed by atoms with Gasteiger partial charge in [0.2, 0.25) is 0 Å². The van der Waals surface area contributed by atoms with Crippen LogP contribution in [0.4, 0.5) is 0 Å². The van der Waals surface area contributed by atoms with Gasteiger partial charge in [0.15, 0.2) is 12.2 Å². The van der Waals surface area contributed by atoms with E-state index in [2.05, 4.69) is 10.6 Å². The zero-order chi connectivity index (χ0) is 21.4. The fraction of sp³-hybridized carbons (Fsp3) is 0.391. The van der Waals surface area contributed by atoms with Gasteiger partial charge in [-0.25, -0.2) is 0 Å². The maximum atomic E-state index is 12.3. The summed E-state index contributed by atoms with van der Waals surface area (Å²) >= 11 is 0. The summed E-state index contributed by atoms with van der Waals surface area (Å²) in [4.78, 5) is 24.5. The molecule has 29 heavy (non-hydrogen) atoms. The number of rotatable bonds is 9. The summed E-state index contributed by atoms with van der Waals surface area (Å²) in [7, 11) is 0. The molecular formula is C23H30N2O4. The average molecular weight is 399 g/mol. The van der Waals surface area contributed by atoms with Crippen LogP contribution in [0.1, 0.15) is 31.9 Å². The molecule has 0 fully saturated rings. The van der Waals surface area contributed by atoms with Gasteiger partial charge < -0.3 is 20.1 Å². The number of aryl methyl sites for hydroxylation is 2. The highest BCUT2D eigenvalue weighted by atomic mass is 16.5. The number of nitrogens with one attached hydrogen (secondary N) is 2. The first-order chi connectivity index (χ1) is 13.7. The summed E-state index contributed by atoms with van der Waals surface area (Å²) in [6.45, 7) is 9.48. The minimum Gasteiger partial charge on any atom is -0.481 e. The lowest BCUT2D eigenvalue weighted by molar-refractivity contribution is -0.129. The third kappa shape index (κ3) is 7.49. The summed E-state index contributed by atoms with van der Waals surface area (Å²) in [6, 6.07) is 14.8. The molecule has 2 amide bonds. The number of benzene rings is 2. The van der Waals surface area contributed by atoms with Crippen molar-refractivity contribution in [3.8, 4) is 11.5 Å². The Morgan fingerprint density at radius 2 is 1.17 bits per heavy atom. The van der Waals surface area contributed by atoms with E-state index in [1.54, 1.807) is 13.8 Å². The van der Waals surface area contributed by atoms with Gasteiger partial charge in [-0.2, -0.15) is 0 Å². The molecule has 2 aromatic carbocycles. The number of hydrogen-bond acceptors (Lipinski definition) is 4. The predicted octanol–water partition coefficient (Wildman–Crippen LogP) is 3.16. The van der Waals surface area contributed by atoms with E-state index in [0.29, 0.717) is 18.0 Å². The predicted molar refractivity (Wildman–Crippen MR) is 113 cm³/mol. The second-order valence-electron chi connectivity index (χ2n) is 7.30. The van der Waals surface area contributed by atoms with E-state index in [4.69, 9.17) is 9.47 Å². The van der Waals surface area contributed by atoms with Crippen LogP contribution in [0.5, 0.6) is 11.5 Å². The highest BCUT2D eigenvalue weighted by Gasteiger charge is 2.19. The van der Waals surface area contributed by atoms with Crippen molar-refractivity contribution in [1.29, 1.82) is 0 Å². The first-order valence-corrected chi connectivity index (χ1v) is 9.79. The van der Waals surface area contributed by atoms with E-state index in [9.17, 15) is 9.59 Å². The lowest BCUT2D eigenvalue weighted by atomic mass is 10.2. The zero-order valence-corrected chi connectivity index (χ0v) is 17.7. The monoisotopic (exact) mass is 398 g/mol. The minimum absolute atomic E-state index is 0.240. The molecule has 0 saturated carbocycles. The average Bonchev–Trinajstić information content (AvgIpc) is 2.69. The van der Waals surface area contributed by atoms with Gasteiger partial charge in [0.1, 0.15) is 11.5 Å². The molecule has 3 atom stereocenters. The van der Waals surface area contributed by atoms with Crippen molar-refractivity contribution < 1.29 is 19.1 Å². The topological polar surface area (TPSA) is 76.7 Å². The van der Waals surface area contributed by atoms with Gasteiger partial charge in [0, 0.05) is 12.6 Å². The lowest BCUT2D eigenvalue weighted by Gasteiger charge is -2.20. The Morgan fingerprint density at radius 1 is 0.759 bits per heavy atom. The summed E-state index contributed by atoms with van der Waals surface area (Å²) < 4.78 is 11.3. The van der Waals surface area contributed by atoms with Gasteiger partial charge >= 0.3 is 0 Å². The molecule has 0 aliphatic heterocycles. The van der Waals surface area contributed by atoms with Crippen LogP contribution in [0.3, 0.4) is 0 Å².